The Bertz CT molecular complexity index is 280. The monoisotopic (exact) mass is 205 g/mol. The van der Waals surface area contributed by atoms with Crippen molar-refractivity contribution in [2.75, 3.05) is 13.2 Å². The average molecular weight is 205 g/mol. The van der Waals surface area contributed by atoms with Crippen molar-refractivity contribution in [3.05, 3.63) is 35.9 Å². The highest BCUT2D eigenvalue weighted by molar-refractivity contribution is 5.18. The third-order valence-electron chi connectivity index (χ3n) is 2.95. The van der Waals surface area contributed by atoms with Gasteiger partial charge in [0, 0.05) is 18.7 Å². The topological polar surface area (TPSA) is 21.3 Å². The van der Waals surface area contributed by atoms with Gasteiger partial charge in [0.2, 0.25) is 0 Å². The maximum Gasteiger partial charge on any atom is 0.0619 e. The van der Waals surface area contributed by atoms with E-state index in [1.807, 2.05) is 0 Å². The first-order chi connectivity index (χ1) is 7.36. The summed E-state index contributed by atoms with van der Waals surface area (Å²) in [5, 5.41) is 3.61. The molecule has 0 bridgehead atoms. The van der Waals surface area contributed by atoms with Gasteiger partial charge in [-0.3, -0.25) is 0 Å². The second-order valence-corrected chi connectivity index (χ2v) is 4.21. The van der Waals surface area contributed by atoms with Crippen LogP contribution in [0.5, 0.6) is 0 Å². The lowest BCUT2D eigenvalue weighted by Gasteiger charge is -2.26. The van der Waals surface area contributed by atoms with Crippen LogP contribution in [0.25, 0.3) is 0 Å². The molecule has 1 aromatic carbocycles. The molecule has 2 unspecified atom stereocenters. The van der Waals surface area contributed by atoms with Gasteiger partial charge in [-0.05, 0) is 25.3 Å². The lowest BCUT2D eigenvalue weighted by Crippen LogP contribution is -2.38. The van der Waals surface area contributed by atoms with Gasteiger partial charge in [-0.25, -0.2) is 0 Å². The minimum Gasteiger partial charge on any atom is -0.380 e. The molecule has 2 rings (SSSR count). The van der Waals surface area contributed by atoms with Gasteiger partial charge < -0.3 is 10.1 Å². The quantitative estimate of drug-likeness (QED) is 0.818. The summed E-state index contributed by atoms with van der Waals surface area (Å²) in [6.45, 7) is 4.00. The van der Waals surface area contributed by atoms with Crippen LogP contribution in [-0.4, -0.2) is 19.3 Å². The molecule has 1 N–H and O–H groups in total. The average Bonchev–Trinajstić information content (AvgIpc) is 2.31. The van der Waals surface area contributed by atoms with Crippen LogP contribution in [0.3, 0.4) is 0 Å². The minimum absolute atomic E-state index is 0.415. The molecule has 82 valence electrons. The lowest BCUT2D eigenvalue weighted by molar-refractivity contribution is 0.0671. The zero-order valence-corrected chi connectivity index (χ0v) is 9.28. The molecule has 0 spiro atoms. The molecule has 0 amide bonds. The van der Waals surface area contributed by atoms with E-state index < -0.39 is 0 Å². The van der Waals surface area contributed by atoms with Gasteiger partial charge in [0.25, 0.3) is 0 Å². The Balaban J connectivity index is 1.88. The summed E-state index contributed by atoms with van der Waals surface area (Å²) < 4.78 is 5.46. The molecule has 1 aromatic rings. The van der Waals surface area contributed by atoms with Crippen LogP contribution in [-0.2, 0) is 4.74 Å². The molecule has 1 saturated heterocycles. The summed E-state index contributed by atoms with van der Waals surface area (Å²) >= 11 is 0. The molecule has 1 aliphatic heterocycles. The molecular weight excluding hydrogens is 186 g/mol. The van der Waals surface area contributed by atoms with Gasteiger partial charge in [-0.2, -0.15) is 0 Å². The predicted octanol–water partition coefficient (Wildman–Crippen LogP) is 2.52. The van der Waals surface area contributed by atoms with Gasteiger partial charge in [-0.1, -0.05) is 30.3 Å². The summed E-state index contributed by atoms with van der Waals surface area (Å²) in [6, 6.07) is 11.5. The van der Waals surface area contributed by atoms with Crippen molar-refractivity contribution >= 4 is 0 Å². The SMILES string of the molecule is CC(NC1CCCOC1)c1ccccc1. The fraction of sp³-hybridized carbons (Fsp3) is 0.538. The Kier molecular flexibility index (Phi) is 3.75. The Morgan fingerprint density at radius 1 is 1.33 bits per heavy atom. The van der Waals surface area contributed by atoms with Crippen LogP contribution < -0.4 is 5.32 Å². The zero-order chi connectivity index (χ0) is 10.5. The zero-order valence-electron chi connectivity index (χ0n) is 9.28. The Morgan fingerprint density at radius 2 is 2.13 bits per heavy atom. The maximum atomic E-state index is 5.46. The Morgan fingerprint density at radius 3 is 2.80 bits per heavy atom. The van der Waals surface area contributed by atoms with Gasteiger partial charge in [0.05, 0.1) is 6.61 Å². The Labute approximate surface area is 91.6 Å². The van der Waals surface area contributed by atoms with Crippen molar-refractivity contribution in [1.29, 1.82) is 0 Å². The number of hydrogen-bond acceptors (Lipinski definition) is 2. The summed E-state index contributed by atoms with van der Waals surface area (Å²) in [5.41, 5.74) is 1.35. The predicted molar refractivity (Wildman–Crippen MR) is 61.8 cm³/mol. The van der Waals surface area contributed by atoms with Crippen LogP contribution in [0, 0.1) is 0 Å². The van der Waals surface area contributed by atoms with E-state index in [4.69, 9.17) is 4.74 Å². The first-order valence-electron chi connectivity index (χ1n) is 5.75. The van der Waals surface area contributed by atoms with Crippen molar-refractivity contribution < 1.29 is 4.74 Å². The largest absolute Gasteiger partial charge is 0.380 e. The highest BCUT2D eigenvalue weighted by Crippen LogP contribution is 2.15. The number of ether oxygens (including phenoxy) is 1. The third kappa shape index (κ3) is 3.05. The number of benzene rings is 1. The van der Waals surface area contributed by atoms with Crippen molar-refractivity contribution in [3.8, 4) is 0 Å². The molecule has 0 saturated carbocycles. The van der Waals surface area contributed by atoms with Crippen molar-refractivity contribution in [3.63, 3.8) is 0 Å². The summed E-state index contributed by atoms with van der Waals surface area (Å²) in [7, 11) is 0. The first-order valence-corrected chi connectivity index (χ1v) is 5.75. The van der Waals surface area contributed by atoms with E-state index in [0.29, 0.717) is 12.1 Å². The molecule has 0 aliphatic carbocycles. The molecule has 1 heterocycles. The molecule has 0 radical (unpaired) electrons. The summed E-state index contributed by atoms with van der Waals surface area (Å²) in [6.07, 6.45) is 2.41. The normalized spacial score (nSPS) is 23.7. The minimum atomic E-state index is 0.415. The molecule has 15 heavy (non-hydrogen) atoms. The second kappa shape index (κ2) is 5.29. The molecule has 0 aromatic heterocycles. The standard InChI is InChI=1S/C13H19NO/c1-11(12-6-3-2-4-7-12)14-13-8-5-9-15-10-13/h2-4,6-7,11,13-14H,5,8-10H2,1H3. The van der Waals surface area contributed by atoms with E-state index in [0.717, 1.165) is 13.2 Å². The van der Waals surface area contributed by atoms with Crippen LogP contribution in [0.15, 0.2) is 30.3 Å². The summed E-state index contributed by atoms with van der Waals surface area (Å²) in [4.78, 5) is 0. The lowest BCUT2D eigenvalue weighted by atomic mass is 10.1. The van der Waals surface area contributed by atoms with Crippen LogP contribution >= 0.6 is 0 Å². The highest BCUT2D eigenvalue weighted by Gasteiger charge is 2.16. The molecule has 2 atom stereocenters. The number of nitrogens with one attached hydrogen (secondary N) is 1. The molecule has 1 aliphatic rings. The van der Waals surface area contributed by atoms with E-state index >= 15 is 0 Å². The van der Waals surface area contributed by atoms with Crippen LogP contribution in [0.4, 0.5) is 0 Å². The fourth-order valence-electron chi connectivity index (χ4n) is 2.06. The number of rotatable bonds is 3. The van der Waals surface area contributed by atoms with E-state index in [2.05, 4.69) is 42.6 Å². The van der Waals surface area contributed by atoms with Crippen LogP contribution in [0.2, 0.25) is 0 Å². The van der Waals surface area contributed by atoms with Gasteiger partial charge >= 0.3 is 0 Å². The van der Waals surface area contributed by atoms with Crippen molar-refractivity contribution in [2.24, 2.45) is 0 Å². The van der Waals surface area contributed by atoms with E-state index in [9.17, 15) is 0 Å². The van der Waals surface area contributed by atoms with Gasteiger partial charge in [0.15, 0.2) is 0 Å². The maximum absolute atomic E-state index is 5.46. The van der Waals surface area contributed by atoms with E-state index in [-0.39, 0.29) is 0 Å². The van der Waals surface area contributed by atoms with Crippen LogP contribution in [0.1, 0.15) is 31.4 Å². The highest BCUT2D eigenvalue weighted by atomic mass is 16.5. The smallest absolute Gasteiger partial charge is 0.0619 e. The fourth-order valence-corrected chi connectivity index (χ4v) is 2.06. The molecule has 1 fully saturated rings. The first kappa shape index (κ1) is 10.7. The summed E-state index contributed by atoms with van der Waals surface area (Å²) in [5.74, 6) is 0. The molecule has 2 nitrogen and oxygen atoms in total. The van der Waals surface area contributed by atoms with E-state index in [1.165, 1.54) is 18.4 Å². The van der Waals surface area contributed by atoms with Gasteiger partial charge in [0.1, 0.15) is 0 Å². The van der Waals surface area contributed by atoms with Crippen molar-refractivity contribution in [1.82, 2.24) is 5.32 Å². The van der Waals surface area contributed by atoms with Crippen molar-refractivity contribution in [2.45, 2.75) is 31.8 Å². The number of hydrogen-bond donors (Lipinski definition) is 1. The molecule has 2 heteroatoms. The second-order valence-electron chi connectivity index (χ2n) is 4.21. The van der Waals surface area contributed by atoms with E-state index in [1.54, 1.807) is 0 Å². The Hall–Kier alpha value is -0.860. The van der Waals surface area contributed by atoms with Gasteiger partial charge in [-0.15, -0.1) is 0 Å². The molecular formula is C13H19NO. The third-order valence-corrected chi connectivity index (χ3v) is 2.95.